The van der Waals surface area contributed by atoms with E-state index in [1.54, 1.807) is 6.08 Å². The number of carboxylic acid groups (broad SMARTS) is 1. The Morgan fingerprint density at radius 2 is 1.71 bits per heavy atom. The number of aliphatic carboxylic acids is 1. The molecule has 10 nitrogen and oxygen atoms in total. The molecule has 1 saturated heterocycles. The second-order valence-corrected chi connectivity index (χ2v) is 9.21. The molecular weight excluding hydrogens is 456 g/mol. The second-order valence-electron chi connectivity index (χ2n) is 7.91. The van der Waals surface area contributed by atoms with Gasteiger partial charge in [-0.2, -0.15) is 0 Å². The lowest BCUT2D eigenvalue weighted by atomic mass is 9.87. The number of hydrogen-bond acceptors (Lipinski definition) is 7. The number of hydrogen-bond donors (Lipinski definition) is 2. The minimum absolute atomic E-state index is 0.0680. The van der Waals surface area contributed by atoms with Crippen LogP contribution in [0.4, 0.5) is 0 Å². The standard InChI is InChI=1S/C23H20N6O4S/c30-18(12-28-13-24-26-27-28)25-20-21(31)29-16(23(32)33)11-17(34-22(20)29)19(14-7-3-1-4-8-14)15-9-5-2-6-10-15/h1-11,13,17,19-20,22H,12H2,(H,25,30)(H,32,33)/t17?,20?,22-/m1/s1. The molecule has 0 bridgehead atoms. The molecule has 1 aromatic heterocycles. The molecule has 1 fully saturated rings. The molecule has 34 heavy (non-hydrogen) atoms. The van der Waals surface area contributed by atoms with E-state index < -0.39 is 29.2 Å². The minimum atomic E-state index is -1.18. The number of β-lactam (4-membered cyclic amide) rings is 1. The van der Waals surface area contributed by atoms with Gasteiger partial charge in [0.15, 0.2) is 0 Å². The van der Waals surface area contributed by atoms with E-state index in [0.29, 0.717) is 0 Å². The molecule has 0 spiro atoms. The van der Waals surface area contributed by atoms with Crippen LogP contribution < -0.4 is 5.32 Å². The normalized spacial score (nSPS) is 21.4. The van der Waals surface area contributed by atoms with Gasteiger partial charge in [0.05, 0.1) is 0 Å². The van der Waals surface area contributed by atoms with Crippen LogP contribution in [-0.4, -0.2) is 64.7 Å². The van der Waals surface area contributed by atoms with E-state index in [1.807, 2.05) is 60.7 Å². The third kappa shape index (κ3) is 4.05. The lowest BCUT2D eigenvalue weighted by molar-refractivity contribution is -0.150. The van der Waals surface area contributed by atoms with Gasteiger partial charge in [-0.1, -0.05) is 60.7 Å². The molecule has 11 heteroatoms. The second kappa shape index (κ2) is 9.10. The molecule has 2 aliphatic rings. The maximum Gasteiger partial charge on any atom is 0.352 e. The predicted octanol–water partition coefficient (Wildman–Crippen LogP) is 1.24. The zero-order chi connectivity index (χ0) is 23.7. The van der Waals surface area contributed by atoms with Crippen molar-refractivity contribution in [3.8, 4) is 0 Å². The first-order valence-corrected chi connectivity index (χ1v) is 11.5. The maximum atomic E-state index is 12.8. The van der Waals surface area contributed by atoms with Gasteiger partial charge in [-0.3, -0.25) is 14.5 Å². The number of aromatic nitrogens is 4. The Hall–Kier alpha value is -3.99. The number of fused-ring (bicyclic) bond motifs is 1. The summed E-state index contributed by atoms with van der Waals surface area (Å²) in [6.45, 7) is -0.143. The van der Waals surface area contributed by atoms with Gasteiger partial charge in [0.2, 0.25) is 5.91 Å². The number of nitrogens with zero attached hydrogens (tertiary/aromatic N) is 5. The SMILES string of the molecule is O=C(Cn1cnnn1)NC1C(=O)N2C(C(=O)O)=CC(C(c3ccccc3)c3ccccc3)S[C@H]12. The Morgan fingerprint density at radius 3 is 2.26 bits per heavy atom. The Balaban J connectivity index is 1.45. The molecular formula is C23H20N6O4S. The van der Waals surface area contributed by atoms with Crippen molar-refractivity contribution >= 4 is 29.5 Å². The molecule has 0 saturated carbocycles. The summed E-state index contributed by atoms with van der Waals surface area (Å²) in [5.41, 5.74) is 2.00. The molecule has 3 aromatic rings. The molecule has 2 N–H and O–H groups in total. The van der Waals surface area contributed by atoms with Crippen LogP contribution in [0.25, 0.3) is 0 Å². The number of carboxylic acids is 1. The quantitative estimate of drug-likeness (QED) is 0.487. The first kappa shape index (κ1) is 21.8. The number of rotatable bonds is 7. The van der Waals surface area contributed by atoms with Crippen molar-refractivity contribution in [2.75, 3.05) is 0 Å². The smallest absolute Gasteiger partial charge is 0.352 e. The molecule has 2 unspecified atom stereocenters. The number of carbonyl (C=O) groups is 3. The van der Waals surface area contributed by atoms with E-state index in [0.717, 1.165) is 11.1 Å². The van der Waals surface area contributed by atoms with E-state index in [4.69, 9.17) is 0 Å². The fourth-order valence-electron chi connectivity index (χ4n) is 4.29. The van der Waals surface area contributed by atoms with Gasteiger partial charge in [-0.05, 0) is 27.6 Å². The predicted molar refractivity (Wildman–Crippen MR) is 122 cm³/mol. The average Bonchev–Trinajstić information content (AvgIpc) is 3.36. The van der Waals surface area contributed by atoms with Crippen LogP contribution in [-0.2, 0) is 20.9 Å². The van der Waals surface area contributed by atoms with E-state index in [9.17, 15) is 19.5 Å². The van der Waals surface area contributed by atoms with Crippen LogP contribution >= 0.6 is 11.8 Å². The van der Waals surface area contributed by atoms with Gasteiger partial charge in [-0.15, -0.1) is 16.9 Å². The van der Waals surface area contributed by atoms with Crippen LogP contribution in [0.2, 0.25) is 0 Å². The molecule has 0 aliphatic carbocycles. The van der Waals surface area contributed by atoms with E-state index in [2.05, 4.69) is 20.8 Å². The first-order chi connectivity index (χ1) is 16.5. The lowest BCUT2D eigenvalue weighted by Crippen LogP contribution is -2.71. The van der Waals surface area contributed by atoms with Crippen molar-refractivity contribution in [1.82, 2.24) is 30.4 Å². The van der Waals surface area contributed by atoms with Gasteiger partial charge in [-0.25, -0.2) is 9.48 Å². The summed E-state index contributed by atoms with van der Waals surface area (Å²) >= 11 is 1.47. The lowest BCUT2D eigenvalue weighted by Gasteiger charge is -2.50. The fourth-order valence-corrected chi connectivity index (χ4v) is 5.97. The number of tetrazole rings is 1. The van der Waals surface area contributed by atoms with Crippen molar-refractivity contribution in [3.05, 3.63) is 89.9 Å². The van der Waals surface area contributed by atoms with Gasteiger partial charge in [0.25, 0.3) is 5.91 Å². The summed E-state index contributed by atoms with van der Waals surface area (Å²) in [5.74, 6) is -2.21. The number of carbonyl (C=O) groups excluding carboxylic acids is 2. The van der Waals surface area contributed by atoms with Crippen molar-refractivity contribution in [2.24, 2.45) is 0 Å². The molecule has 0 radical (unpaired) electrons. The maximum absolute atomic E-state index is 12.8. The number of benzene rings is 2. The molecule has 5 rings (SSSR count). The van der Waals surface area contributed by atoms with Crippen molar-refractivity contribution < 1.29 is 19.5 Å². The largest absolute Gasteiger partial charge is 0.477 e. The zero-order valence-electron chi connectivity index (χ0n) is 17.8. The summed E-state index contributed by atoms with van der Waals surface area (Å²) in [5, 5.41) is 22.4. The summed E-state index contributed by atoms with van der Waals surface area (Å²) in [6, 6.07) is 18.8. The molecule has 2 aromatic carbocycles. The number of nitrogens with one attached hydrogen (secondary N) is 1. The van der Waals surface area contributed by atoms with Crippen LogP contribution in [0, 0.1) is 0 Å². The van der Waals surface area contributed by atoms with Gasteiger partial charge in [0.1, 0.15) is 30.0 Å². The third-order valence-corrected chi connectivity index (χ3v) is 7.28. The van der Waals surface area contributed by atoms with Crippen LogP contribution in [0.15, 0.2) is 78.8 Å². The van der Waals surface area contributed by atoms with E-state index in [-0.39, 0.29) is 23.4 Å². The monoisotopic (exact) mass is 476 g/mol. The Labute approximate surface area is 198 Å². The Kier molecular flexibility index (Phi) is 5.84. The summed E-state index contributed by atoms with van der Waals surface area (Å²) in [4.78, 5) is 38.6. The van der Waals surface area contributed by atoms with Crippen LogP contribution in [0.3, 0.4) is 0 Å². The Morgan fingerprint density at radius 1 is 1.06 bits per heavy atom. The molecule has 2 aliphatic heterocycles. The number of amides is 2. The minimum Gasteiger partial charge on any atom is -0.477 e. The van der Waals surface area contributed by atoms with E-state index in [1.165, 1.54) is 27.7 Å². The number of thioether (sulfide) groups is 1. The van der Waals surface area contributed by atoms with Crippen molar-refractivity contribution in [2.45, 2.75) is 29.1 Å². The highest BCUT2D eigenvalue weighted by Crippen LogP contribution is 2.47. The van der Waals surface area contributed by atoms with Crippen LogP contribution in [0.5, 0.6) is 0 Å². The average molecular weight is 477 g/mol. The summed E-state index contributed by atoms with van der Waals surface area (Å²) in [7, 11) is 0. The van der Waals surface area contributed by atoms with Crippen molar-refractivity contribution in [1.29, 1.82) is 0 Å². The highest BCUT2D eigenvalue weighted by molar-refractivity contribution is 8.00. The summed E-state index contributed by atoms with van der Waals surface area (Å²) < 4.78 is 1.25. The van der Waals surface area contributed by atoms with Gasteiger partial charge in [0, 0.05) is 11.2 Å². The fraction of sp³-hybridized carbons (Fsp3) is 0.217. The Bertz CT molecular complexity index is 1200. The third-order valence-electron chi connectivity index (χ3n) is 5.80. The molecule has 3 heterocycles. The topological polar surface area (TPSA) is 130 Å². The molecule has 2 amide bonds. The highest BCUT2D eigenvalue weighted by Gasteiger charge is 2.55. The molecule has 172 valence electrons. The van der Waals surface area contributed by atoms with Gasteiger partial charge < -0.3 is 10.4 Å². The molecule has 3 atom stereocenters. The van der Waals surface area contributed by atoms with E-state index >= 15 is 0 Å². The zero-order valence-corrected chi connectivity index (χ0v) is 18.6. The summed E-state index contributed by atoms with van der Waals surface area (Å²) in [6.07, 6.45) is 2.95. The van der Waals surface area contributed by atoms with Gasteiger partial charge >= 0.3 is 5.97 Å². The highest BCUT2D eigenvalue weighted by atomic mass is 32.2. The van der Waals surface area contributed by atoms with Crippen LogP contribution in [0.1, 0.15) is 17.0 Å². The van der Waals surface area contributed by atoms with Crippen molar-refractivity contribution in [3.63, 3.8) is 0 Å². The first-order valence-electron chi connectivity index (χ1n) is 10.6.